The number of hydrogen-bond acceptors (Lipinski definition) is 5. The Morgan fingerprint density at radius 1 is 1.00 bits per heavy atom. The molecule has 0 atom stereocenters. The van der Waals surface area contributed by atoms with E-state index >= 15 is 0 Å². The van der Waals surface area contributed by atoms with Crippen LogP contribution in [-0.4, -0.2) is 58.3 Å². The molecular weight excluding hydrogens is 420 g/mol. The molecule has 6 nitrogen and oxygen atoms in total. The van der Waals surface area contributed by atoms with E-state index in [0.29, 0.717) is 5.92 Å². The minimum Gasteiger partial charge on any atom is -0.378 e. The largest absolute Gasteiger partial charge is 0.378 e. The molecule has 182 valence electrons. The number of likely N-dealkylation sites (tertiary alicyclic amines) is 2. The highest BCUT2D eigenvalue weighted by molar-refractivity contribution is 5.92. The van der Waals surface area contributed by atoms with Gasteiger partial charge in [-0.3, -0.25) is 4.68 Å². The highest BCUT2D eigenvalue weighted by Crippen LogP contribution is 2.35. The maximum absolute atomic E-state index is 4.87. The van der Waals surface area contributed by atoms with Gasteiger partial charge in [-0.15, -0.1) is 0 Å². The van der Waals surface area contributed by atoms with Crippen molar-refractivity contribution in [2.75, 3.05) is 37.6 Å². The average molecular weight is 461 g/mol. The molecule has 4 heterocycles. The predicted octanol–water partition coefficient (Wildman–Crippen LogP) is 4.93. The summed E-state index contributed by atoms with van der Waals surface area (Å²) in [6.45, 7) is 17.8. The van der Waals surface area contributed by atoms with E-state index in [1.165, 1.54) is 81.2 Å². The molecule has 1 aromatic heterocycles. The van der Waals surface area contributed by atoms with Gasteiger partial charge in [0.1, 0.15) is 5.82 Å². The predicted molar refractivity (Wildman–Crippen MR) is 142 cm³/mol. The van der Waals surface area contributed by atoms with Crippen molar-refractivity contribution in [3.8, 4) is 0 Å². The Hall–Kier alpha value is -2.73. The summed E-state index contributed by atoms with van der Waals surface area (Å²) in [7, 11) is 2.05. The van der Waals surface area contributed by atoms with E-state index in [9.17, 15) is 0 Å². The summed E-state index contributed by atoms with van der Waals surface area (Å²) in [4.78, 5) is 7.35. The molecule has 6 heteroatoms. The summed E-state index contributed by atoms with van der Waals surface area (Å²) >= 11 is 0. The first-order chi connectivity index (χ1) is 16.5. The normalized spacial score (nSPS) is 22.0. The van der Waals surface area contributed by atoms with E-state index < -0.39 is 0 Å². The van der Waals surface area contributed by atoms with Gasteiger partial charge >= 0.3 is 0 Å². The first kappa shape index (κ1) is 23.0. The molecule has 2 aromatic rings. The Kier molecular flexibility index (Phi) is 6.68. The van der Waals surface area contributed by atoms with Crippen molar-refractivity contribution in [2.45, 2.75) is 56.9 Å². The number of nitrogens with one attached hydrogen (secondary N) is 1. The molecule has 3 aliphatic heterocycles. The van der Waals surface area contributed by atoms with Crippen LogP contribution in [-0.2, 0) is 7.05 Å². The number of nitrogens with zero attached hydrogens (tertiary/aromatic N) is 5. The van der Waals surface area contributed by atoms with Gasteiger partial charge in [0, 0.05) is 50.2 Å². The number of aryl methyl sites for hydroxylation is 1. The standard InChI is InChI=1S/C28H40N6/c1-5-32-15-6-8-25(9-7-16-32)33-17-13-23(14-18-33)24-10-11-26-27(20-24)31(4)30-28(26)34-19-12-21(2)29-22(34)3/h5,10-11,20,23,25,29H,1-3,6-9,12-19H2,4H3. The summed E-state index contributed by atoms with van der Waals surface area (Å²) in [5.74, 6) is 2.49. The summed E-state index contributed by atoms with van der Waals surface area (Å²) in [5, 5.41) is 9.35. The van der Waals surface area contributed by atoms with Crippen LogP contribution in [0, 0.1) is 0 Å². The Bertz CT molecular complexity index is 1050. The van der Waals surface area contributed by atoms with Crippen molar-refractivity contribution in [3.63, 3.8) is 0 Å². The lowest BCUT2D eigenvalue weighted by atomic mass is 9.87. The monoisotopic (exact) mass is 460 g/mol. The molecule has 3 aliphatic rings. The number of benzene rings is 1. The molecular formula is C28H40N6. The second-order valence-corrected chi connectivity index (χ2v) is 10.3. The second kappa shape index (κ2) is 9.87. The fourth-order valence-electron chi connectivity index (χ4n) is 6.12. The molecule has 0 aliphatic carbocycles. The van der Waals surface area contributed by atoms with Gasteiger partial charge in [0.25, 0.3) is 0 Å². The maximum atomic E-state index is 4.87. The van der Waals surface area contributed by atoms with Crippen molar-refractivity contribution in [3.05, 3.63) is 61.2 Å². The molecule has 0 amide bonds. The van der Waals surface area contributed by atoms with Crippen LogP contribution in [0.4, 0.5) is 5.82 Å². The lowest BCUT2D eigenvalue weighted by molar-refractivity contribution is 0.123. The summed E-state index contributed by atoms with van der Waals surface area (Å²) in [5.41, 5.74) is 3.69. The van der Waals surface area contributed by atoms with Gasteiger partial charge < -0.3 is 20.0 Å². The summed E-state index contributed by atoms with van der Waals surface area (Å²) in [6.07, 6.45) is 10.6. The molecule has 3 fully saturated rings. The molecule has 0 spiro atoms. The van der Waals surface area contributed by atoms with Gasteiger partial charge in [0.2, 0.25) is 0 Å². The third-order valence-corrected chi connectivity index (χ3v) is 8.14. The third kappa shape index (κ3) is 4.61. The second-order valence-electron chi connectivity index (χ2n) is 10.3. The lowest BCUT2D eigenvalue weighted by Crippen LogP contribution is -2.42. The number of fused-ring (bicyclic) bond motifs is 1. The van der Waals surface area contributed by atoms with Crippen LogP contribution in [0.3, 0.4) is 0 Å². The van der Waals surface area contributed by atoms with Crippen molar-refractivity contribution >= 4 is 16.7 Å². The van der Waals surface area contributed by atoms with Gasteiger partial charge in [0.15, 0.2) is 5.82 Å². The van der Waals surface area contributed by atoms with Crippen molar-refractivity contribution in [1.29, 1.82) is 0 Å². The van der Waals surface area contributed by atoms with Gasteiger partial charge in [-0.2, -0.15) is 5.10 Å². The molecule has 0 radical (unpaired) electrons. The minimum atomic E-state index is 0.638. The third-order valence-electron chi connectivity index (χ3n) is 8.14. The van der Waals surface area contributed by atoms with E-state index in [-0.39, 0.29) is 0 Å². The zero-order valence-corrected chi connectivity index (χ0v) is 20.8. The molecule has 1 N–H and O–H groups in total. The van der Waals surface area contributed by atoms with E-state index in [0.717, 1.165) is 36.3 Å². The Balaban J connectivity index is 1.25. The van der Waals surface area contributed by atoms with Crippen LogP contribution in [0.25, 0.3) is 10.9 Å². The van der Waals surface area contributed by atoms with Crippen LogP contribution in [0.5, 0.6) is 0 Å². The van der Waals surface area contributed by atoms with Crippen LogP contribution < -0.4 is 10.2 Å². The van der Waals surface area contributed by atoms with Gasteiger partial charge in [-0.25, -0.2) is 0 Å². The summed E-state index contributed by atoms with van der Waals surface area (Å²) < 4.78 is 2.03. The molecule has 5 rings (SSSR count). The molecule has 0 unspecified atom stereocenters. The SMILES string of the molecule is C=CN1CCCC(N2CCC(c3ccc4c(N5CCC(=C)NC5=C)nn(C)c4c3)CC2)CCC1. The lowest BCUT2D eigenvalue weighted by Gasteiger charge is -2.39. The number of piperidine rings is 1. The average Bonchev–Trinajstić information content (AvgIpc) is 3.15. The fraction of sp³-hybridized carbons (Fsp3) is 0.536. The number of anilines is 1. The fourth-order valence-corrected chi connectivity index (χ4v) is 6.12. The highest BCUT2D eigenvalue weighted by atomic mass is 15.4. The maximum Gasteiger partial charge on any atom is 0.164 e. The van der Waals surface area contributed by atoms with Crippen molar-refractivity contribution in [1.82, 2.24) is 24.9 Å². The van der Waals surface area contributed by atoms with Gasteiger partial charge in [-0.05, 0) is 81.4 Å². The highest BCUT2D eigenvalue weighted by Gasteiger charge is 2.28. The van der Waals surface area contributed by atoms with E-state index in [4.69, 9.17) is 5.10 Å². The van der Waals surface area contributed by atoms with Crippen LogP contribution in [0.15, 0.2) is 55.7 Å². The molecule has 0 saturated carbocycles. The van der Waals surface area contributed by atoms with Crippen molar-refractivity contribution < 1.29 is 0 Å². The van der Waals surface area contributed by atoms with E-state index in [2.05, 4.69) is 65.0 Å². The Morgan fingerprint density at radius 2 is 1.74 bits per heavy atom. The molecule has 1 aromatic carbocycles. The van der Waals surface area contributed by atoms with Gasteiger partial charge in [0.05, 0.1) is 5.52 Å². The first-order valence-electron chi connectivity index (χ1n) is 13.0. The zero-order valence-electron chi connectivity index (χ0n) is 20.8. The van der Waals surface area contributed by atoms with Crippen molar-refractivity contribution in [2.24, 2.45) is 7.05 Å². The zero-order chi connectivity index (χ0) is 23.7. The first-order valence-corrected chi connectivity index (χ1v) is 13.0. The number of aromatic nitrogens is 2. The summed E-state index contributed by atoms with van der Waals surface area (Å²) in [6, 6.07) is 7.76. The van der Waals surface area contributed by atoms with E-state index in [1.54, 1.807) is 0 Å². The number of rotatable bonds is 4. The smallest absolute Gasteiger partial charge is 0.164 e. The van der Waals surface area contributed by atoms with Crippen LogP contribution in [0.1, 0.15) is 56.4 Å². The Labute approximate surface area is 204 Å². The molecule has 3 saturated heterocycles. The Morgan fingerprint density at radius 3 is 2.41 bits per heavy atom. The van der Waals surface area contributed by atoms with Crippen LogP contribution >= 0.6 is 0 Å². The molecule has 34 heavy (non-hydrogen) atoms. The van der Waals surface area contributed by atoms with E-state index in [1.807, 2.05) is 10.9 Å². The quantitative estimate of drug-likeness (QED) is 0.701. The number of hydrogen-bond donors (Lipinski definition) is 1. The minimum absolute atomic E-state index is 0.638. The van der Waals surface area contributed by atoms with Gasteiger partial charge in [-0.1, -0.05) is 25.8 Å². The van der Waals surface area contributed by atoms with Crippen LogP contribution in [0.2, 0.25) is 0 Å². The molecule has 0 bridgehead atoms. The topological polar surface area (TPSA) is 39.6 Å².